The van der Waals surface area contributed by atoms with Crippen LogP contribution in [0.2, 0.25) is 5.02 Å². The monoisotopic (exact) mass is 278 g/mol. The van der Waals surface area contributed by atoms with Gasteiger partial charge in [-0.1, -0.05) is 11.6 Å². The molecule has 1 aliphatic carbocycles. The van der Waals surface area contributed by atoms with Crippen LogP contribution in [0.3, 0.4) is 0 Å². The van der Waals surface area contributed by atoms with E-state index < -0.39 is 11.4 Å². The van der Waals surface area contributed by atoms with Gasteiger partial charge in [0.05, 0.1) is 17.6 Å². The number of ether oxygens (including phenoxy) is 1. The highest BCUT2D eigenvalue weighted by Gasteiger charge is 2.27. The van der Waals surface area contributed by atoms with Gasteiger partial charge >= 0.3 is 5.97 Å². The Morgan fingerprint density at radius 1 is 1.53 bits per heavy atom. The average Bonchev–Trinajstić information content (AvgIpc) is 3.22. The zero-order valence-electron chi connectivity index (χ0n) is 10.2. The van der Waals surface area contributed by atoms with Gasteiger partial charge in [0.1, 0.15) is 11.1 Å². The third-order valence-electron chi connectivity index (χ3n) is 3.19. The van der Waals surface area contributed by atoms with Crippen LogP contribution in [-0.2, 0) is 4.74 Å². The van der Waals surface area contributed by atoms with Gasteiger partial charge in [-0.2, -0.15) is 0 Å². The lowest BCUT2D eigenvalue weighted by atomic mass is 10.2. The minimum absolute atomic E-state index is 0.0109. The summed E-state index contributed by atoms with van der Waals surface area (Å²) in [5.74, 6) is -0.641. The summed E-state index contributed by atoms with van der Waals surface area (Å²) in [6, 6.07) is 2.00. The maximum Gasteiger partial charge on any atom is 0.343 e. The molecule has 6 heteroatoms. The number of halogens is 1. The Labute approximate surface area is 113 Å². The van der Waals surface area contributed by atoms with E-state index in [-0.39, 0.29) is 11.1 Å². The molecular weight excluding hydrogens is 268 g/mol. The molecule has 0 spiro atoms. The molecule has 0 amide bonds. The Bertz CT molecular complexity index is 734. The summed E-state index contributed by atoms with van der Waals surface area (Å²) in [6.07, 6.45) is 4.99. The SMILES string of the molecule is COC(=O)c1cn(C2CC2)c2cc(Cl)cnc2c1=O. The summed E-state index contributed by atoms with van der Waals surface area (Å²) in [5.41, 5.74) is 0.499. The van der Waals surface area contributed by atoms with E-state index in [4.69, 9.17) is 11.6 Å². The van der Waals surface area contributed by atoms with E-state index in [0.717, 1.165) is 12.8 Å². The van der Waals surface area contributed by atoms with Crippen molar-refractivity contribution < 1.29 is 9.53 Å². The summed E-state index contributed by atoms with van der Waals surface area (Å²) < 4.78 is 6.53. The van der Waals surface area contributed by atoms with Crippen LogP contribution in [0.25, 0.3) is 11.0 Å². The zero-order valence-corrected chi connectivity index (χ0v) is 11.0. The van der Waals surface area contributed by atoms with E-state index in [0.29, 0.717) is 16.6 Å². The van der Waals surface area contributed by atoms with Crippen molar-refractivity contribution in [3.63, 3.8) is 0 Å². The first-order chi connectivity index (χ1) is 9.11. The van der Waals surface area contributed by atoms with Crippen molar-refractivity contribution in [2.24, 2.45) is 0 Å². The van der Waals surface area contributed by atoms with Crippen molar-refractivity contribution in [2.45, 2.75) is 18.9 Å². The summed E-state index contributed by atoms with van der Waals surface area (Å²) in [5, 5.41) is 0.465. The zero-order chi connectivity index (χ0) is 13.6. The van der Waals surface area contributed by atoms with E-state index in [2.05, 4.69) is 9.72 Å². The first-order valence-electron chi connectivity index (χ1n) is 5.90. The Kier molecular flexibility index (Phi) is 2.78. The Morgan fingerprint density at radius 3 is 2.89 bits per heavy atom. The Balaban J connectivity index is 2.37. The molecule has 5 nitrogen and oxygen atoms in total. The van der Waals surface area contributed by atoms with Gasteiger partial charge < -0.3 is 9.30 Å². The standard InChI is InChI=1S/C13H11ClN2O3/c1-19-13(18)9-6-16(8-2-3-8)10-4-7(14)5-15-11(10)12(9)17/h4-6,8H,2-3H2,1H3. The van der Waals surface area contributed by atoms with Crippen LogP contribution >= 0.6 is 11.6 Å². The predicted molar refractivity (Wildman–Crippen MR) is 70.6 cm³/mol. The Hall–Kier alpha value is -1.88. The van der Waals surface area contributed by atoms with Crippen LogP contribution in [0.15, 0.2) is 23.3 Å². The van der Waals surface area contributed by atoms with Gasteiger partial charge in [0.25, 0.3) is 0 Å². The quantitative estimate of drug-likeness (QED) is 0.790. The third kappa shape index (κ3) is 2.00. The van der Waals surface area contributed by atoms with Gasteiger partial charge in [-0.05, 0) is 18.9 Å². The highest BCUT2D eigenvalue weighted by atomic mass is 35.5. The van der Waals surface area contributed by atoms with E-state index in [9.17, 15) is 9.59 Å². The molecule has 1 saturated carbocycles. The topological polar surface area (TPSA) is 61.2 Å². The molecule has 0 N–H and O–H groups in total. The van der Waals surface area contributed by atoms with Crippen molar-refractivity contribution in [1.82, 2.24) is 9.55 Å². The van der Waals surface area contributed by atoms with Crippen molar-refractivity contribution in [2.75, 3.05) is 7.11 Å². The summed E-state index contributed by atoms with van der Waals surface area (Å²) in [4.78, 5) is 27.9. The number of hydrogen-bond donors (Lipinski definition) is 0. The van der Waals surface area contributed by atoms with E-state index in [1.54, 1.807) is 12.3 Å². The number of fused-ring (bicyclic) bond motifs is 1. The number of carbonyl (C=O) groups is 1. The van der Waals surface area contributed by atoms with Crippen LogP contribution in [0, 0.1) is 0 Å². The second-order valence-corrected chi connectivity index (χ2v) is 4.96. The lowest BCUT2D eigenvalue weighted by Crippen LogP contribution is -2.20. The second-order valence-electron chi connectivity index (χ2n) is 4.52. The van der Waals surface area contributed by atoms with Crippen LogP contribution in [0.4, 0.5) is 0 Å². The molecule has 98 valence electrons. The molecule has 0 bridgehead atoms. The molecule has 19 heavy (non-hydrogen) atoms. The van der Waals surface area contributed by atoms with Crippen LogP contribution < -0.4 is 5.43 Å². The lowest BCUT2D eigenvalue weighted by molar-refractivity contribution is 0.0598. The van der Waals surface area contributed by atoms with Gasteiger partial charge in [-0.3, -0.25) is 4.79 Å². The molecule has 1 fully saturated rings. The van der Waals surface area contributed by atoms with Gasteiger partial charge in [-0.25, -0.2) is 9.78 Å². The highest BCUT2D eigenvalue weighted by Crippen LogP contribution is 2.37. The molecule has 2 aromatic heterocycles. The highest BCUT2D eigenvalue weighted by molar-refractivity contribution is 6.31. The lowest BCUT2D eigenvalue weighted by Gasteiger charge is -2.11. The molecule has 0 radical (unpaired) electrons. The number of methoxy groups -OCH3 is 1. The molecule has 2 heterocycles. The third-order valence-corrected chi connectivity index (χ3v) is 3.39. The number of nitrogens with zero attached hydrogens (tertiary/aromatic N) is 2. The molecule has 0 saturated heterocycles. The van der Waals surface area contributed by atoms with Crippen molar-refractivity contribution in [3.05, 3.63) is 39.3 Å². The molecular formula is C13H11ClN2O3. The van der Waals surface area contributed by atoms with Gasteiger partial charge in [0, 0.05) is 18.4 Å². The van der Waals surface area contributed by atoms with Crippen LogP contribution in [0.5, 0.6) is 0 Å². The van der Waals surface area contributed by atoms with Crippen LogP contribution in [-0.4, -0.2) is 22.6 Å². The maximum atomic E-state index is 12.2. The summed E-state index contributed by atoms with van der Waals surface area (Å²) in [6.45, 7) is 0. The summed E-state index contributed by atoms with van der Waals surface area (Å²) in [7, 11) is 1.25. The van der Waals surface area contributed by atoms with E-state index in [1.165, 1.54) is 13.3 Å². The van der Waals surface area contributed by atoms with E-state index in [1.807, 2.05) is 4.57 Å². The Morgan fingerprint density at radius 2 is 2.26 bits per heavy atom. The summed E-state index contributed by atoms with van der Waals surface area (Å²) >= 11 is 5.93. The first kappa shape index (κ1) is 12.2. The number of pyridine rings is 2. The molecule has 3 rings (SSSR count). The molecule has 2 aromatic rings. The molecule has 0 aliphatic heterocycles. The molecule has 0 aromatic carbocycles. The van der Waals surface area contributed by atoms with Gasteiger partial charge in [0.2, 0.25) is 5.43 Å². The normalized spacial score (nSPS) is 14.6. The van der Waals surface area contributed by atoms with Crippen molar-refractivity contribution in [3.8, 4) is 0 Å². The fourth-order valence-corrected chi connectivity index (χ4v) is 2.26. The van der Waals surface area contributed by atoms with Crippen molar-refractivity contribution >= 4 is 28.6 Å². The van der Waals surface area contributed by atoms with Crippen LogP contribution in [0.1, 0.15) is 29.2 Å². The maximum absolute atomic E-state index is 12.2. The average molecular weight is 279 g/mol. The largest absolute Gasteiger partial charge is 0.465 e. The smallest absolute Gasteiger partial charge is 0.343 e. The fourth-order valence-electron chi connectivity index (χ4n) is 2.11. The van der Waals surface area contributed by atoms with E-state index >= 15 is 0 Å². The number of esters is 1. The predicted octanol–water partition coefficient (Wildman–Crippen LogP) is 2.17. The minimum atomic E-state index is -0.641. The molecule has 0 unspecified atom stereocenters. The minimum Gasteiger partial charge on any atom is -0.465 e. The fraction of sp³-hybridized carbons (Fsp3) is 0.308. The van der Waals surface area contributed by atoms with Gasteiger partial charge in [0.15, 0.2) is 0 Å². The van der Waals surface area contributed by atoms with Crippen molar-refractivity contribution in [1.29, 1.82) is 0 Å². The first-order valence-corrected chi connectivity index (χ1v) is 6.28. The number of rotatable bonds is 2. The number of aromatic nitrogens is 2. The number of hydrogen-bond acceptors (Lipinski definition) is 4. The number of carbonyl (C=O) groups excluding carboxylic acids is 1. The second kappa shape index (κ2) is 4.35. The van der Waals surface area contributed by atoms with Gasteiger partial charge in [-0.15, -0.1) is 0 Å². The molecule has 0 atom stereocenters. The molecule has 1 aliphatic rings.